The van der Waals surface area contributed by atoms with Crippen LogP contribution in [-0.2, 0) is 16.5 Å². The quantitative estimate of drug-likeness (QED) is 0.146. The molecular weight excluding hydrogens is 677 g/mol. The number of rotatable bonds is 9. The van der Waals surface area contributed by atoms with Crippen LogP contribution < -0.4 is 9.80 Å². The fourth-order valence-electron chi connectivity index (χ4n) is 10.1. The van der Waals surface area contributed by atoms with Gasteiger partial charge in [-0.15, -0.1) is 0 Å². The fraction of sp³-hybridized carbons (Fsp3) is 0.185. The van der Waals surface area contributed by atoms with Gasteiger partial charge in [0.2, 0.25) is 0 Å². The van der Waals surface area contributed by atoms with Gasteiger partial charge >= 0.3 is 0 Å². The highest BCUT2D eigenvalue weighted by Gasteiger charge is 2.56. The van der Waals surface area contributed by atoms with Crippen molar-refractivity contribution in [1.29, 1.82) is 0 Å². The van der Waals surface area contributed by atoms with Gasteiger partial charge in [-0.05, 0) is 135 Å². The molecule has 0 fully saturated rings. The zero-order valence-corrected chi connectivity index (χ0v) is 33.1. The maximum absolute atomic E-state index is 2.61. The van der Waals surface area contributed by atoms with Crippen molar-refractivity contribution >= 4 is 44.3 Å². The topological polar surface area (TPSA) is 6.48 Å². The van der Waals surface area contributed by atoms with Gasteiger partial charge in [0.25, 0.3) is 0 Å². The van der Waals surface area contributed by atoms with Gasteiger partial charge < -0.3 is 9.80 Å². The summed E-state index contributed by atoms with van der Waals surface area (Å²) in [6, 6.07) is 65.6. The van der Waals surface area contributed by atoms with Gasteiger partial charge in [-0.1, -0.05) is 149 Å². The highest BCUT2D eigenvalue weighted by atomic mass is 15.2. The van der Waals surface area contributed by atoms with E-state index in [1.54, 1.807) is 0 Å². The summed E-state index contributed by atoms with van der Waals surface area (Å²) in [5, 5.41) is 5.05. The first-order valence-corrected chi connectivity index (χ1v) is 20.3. The summed E-state index contributed by atoms with van der Waals surface area (Å²) in [5.41, 5.74) is 14.0. The number of hydrogen-bond acceptors (Lipinski definition) is 2. The summed E-state index contributed by atoms with van der Waals surface area (Å²) in [6.45, 7) is 12.0. The van der Waals surface area contributed by atoms with Crippen LogP contribution in [0.15, 0.2) is 176 Å². The lowest BCUT2D eigenvalue weighted by Gasteiger charge is -2.44. The monoisotopic (exact) mass is 724 g/mol. The summed E-state index contributed by atoms with van der Waals surface area (Å²) in [7, 11) is 0. The largest absolute Gasteiger partial charge is 0.331 e. The standard InChI is InChI=1S/C54H48N2/c1-6-53(5,55(42-22-10-8-11-23-42)44-29-26-37-18-14-16-20-39(37)32-44)41-28-31-46-47-35-50-51(36-49(47)52(3,4)48(46)34-41)54(50,7-2)56(43-24-12-9-13-25-43)45-30-27-38-19-15-17-21-40(38)33-45/h8-36H,6-7H2,1-5H3. The van der Waals surface area contributed by atoms with Crippen LogP contribution in [0, 0.1) is 0 Å². The smallest absolute Gasteiger partial charge is 0.0960 e. The Morgan fingerprint density at radius 1 is 0.446 bits per heavy atom. The lowest BCUT2D eigenvalue weighted by atomic mass is 9.79. The van der Waals surface area contributed by atoms with E-state index in [2.05, 4.69) is 220 Å². The van der Waals surface area contributed by atoms with Gasteiger partial charge in [0, 0.05) is 28.2 Å². The van der Waals surface area contributed by atoms with Crippen LogP contribution in [0.2, 0.25) is 0 Å². The zero-order chi connectivity index (χ0) is 38.2. The molecule has 0 bridgehead atoms. The van der Waals surface area contributed by atoms with Gasteiger partial charge in [0.05, 0.1) is 11.1 Å². The van der Waals surface area contributed by atoms with E-state index in [1.807, 2.05) is 0 Å². The van der Waals surface area contributed by atoms with Crippen LogP contribution in [0.25, 0.3) is 32.7 Å². The number of benzene rings is 8. The van der Waals surface area contributed by atoms with Gasteiger partial charge in [-0.3, -0.25) is 0 Å². The Kier molecular flexibility index (Phi) is 7.80. The van der Waals surface area contributed by atoms with Crippen molar-refractivity contribution < 1.29 is 0 Å². The van der Waals surface area contributed by atoms with E-state index >= 15 is 0 Å². The van der Waals surface area contributed by atoms with Gasteiger partial charge in [0.15, 0.2) is 0 Å². The molecule has 2 heteroatoms. The molecule has 0 saturated carbocycles. The fourth-order valence-corrected chi connectivity index (χ4v) is 10.1. The normalized spacial score (nSPS) is 17.2. The highest BCUT2D eigenvalue weighted by Crippen LogP contribution is 2.63. The molecule has 0 N–H and O–H groups in total. The Hall–Kier alpha value is -6.12. The molecule has 0 amide bonds. The van der Waals surface area contributed by atoms with Crippen molar-refractivity contribution in [3.8, 4) is 11.1 Å². The van der Waals surface area contributed by atoms with Crippen molar-refractivity contribution in [3.63, 3.8) is 0 Å². The number of anilines is 4. The molecule has 274 valence electrons. The van der Waals surface area contributed by atoms with Crippen LogP contribution >= 0.6 is 0 Å². The molecule has 2 aliphatic carbocycles. The number of fused-ring (bicyclic) bond motifs is 6. The van der Waals surface area contributed by atoms with E-state index in [9.17, 15) is 0 Å². The molecule has 0 radical (unpaired) electrons. The Labute approximate surface area is 331 Å². The van der Waals surface area contributed by atoms with E-state index in [0.717, 1.165) is 12.8 Å². The number of hydrogen-bond donors (Lipinski definition) is 0. The number of para-hydroxylation sites is 2. The second kappa shape index (κ2) is 12.7. The van der Waals surface area contributed by atoms with Crippen molar-refractivity contribution in [3.05, 3.63) is 204 Å². The first kappa shape index (κ1) is 34.4. The maximum Gasteiger partial charge on any atom is 0.0960 e. The third kappa shape index (κ3) is 5.01. The molecular formula is C54H48N2. The average Bonchev–Trinajstić information content (AvgIpc) is 3.83. The molecule has 10 rings (SSSR count). The minimum atomic E-state index is -0.301. The minimum absolute atomic E-state index is 0.159. The molecule has 0 aromatic heterocycles. The molecule has 2 nitrogen and oxygen atoms in total. The summed E-state index contributed by atoms with van der Waals surface area (Å²) in [4.78, 5) is 5.17. The predicted molar refractivity (Wildman–Crippen MR) is 238 cm³/mol. The molecule has 2 atom stereocenters. The lowest BCUT2D eigenvalue weighted by Crippen LogP contribution is -2.40. The average molecular weight is 725 g/mol. The van der Waals surface area contributed by atoms with E-state index in [0.29, 0.717) is 0 Å². The van der Waals surface area contributed by atoms with Crippen LogP contribution in [0.5, 0.6) is 0 Å². The van der Waals surface area contributed by atoms with Crippen molar-refractivity contribution in [2.75, 3.05) is 9.80 Å². The molecule has 0 spiro atoms. The van der Waals surface area contributed by atoms with Crippen molar-refractivity contribution in [2.24, 2.45) is 0 Å². The van der Waals surface area contributed by atoms with Crippen molar-refractivity contribution in [2.45, 2.75) is 64.0 Å². The summed E-state index contributed by atoms with van der Waals surface area (Å²) in [5.74, 6) is 0. The van der Waals surface area contributed by atoms with Gasteiger partial charge in [-0.25, -0.2) is 0 Å². The van der Waals surface area contributed by atoms with E-state index in [-0.39, 0.29) is 16.5 Å². The second-order valence-corrected chi connectivity index (χ2v) is 16.6. The third-order valence-corrected chi connectivity index (χ3v) is 13.4. The van der Waals surface area contributed by atoms with E-state index in [4.69, 9.17) is 0 Å². The van der Waals surface area contributed by atoms with Crippen LogP contribution in [0.4, 0.5) is 22.7 Å². The van der Waals surface area contributed by atoms with Crippen LogP contribution in [-0.4, -0.2) is 0 Å². The van der Waals surface area contributed by atoms with Gasteiger partial charge in [0.1, 0.15) is 0 Å². The second-order valence-electron chi connectivity index (χ2n) is 16.6. The zero-order valence-electron chi connectivity index (χ0n) is 33.1. The van der Waals surface area contributed by atoms with E-state index in [1.165, 1.54) is 83.2 Å². The molecule has 8 aromatic carbocycles. The molecule has 56 heavy (non-hydrogen) atoms. The predicted octanol–water partition coefficient (Wildman–Crippen LogP) is 14.6. The highest BCUT2D eigenvalue weighted by molar-refractivity contribution is 5.91. The van der Waals surface area contributed by atoms with Crippen LogP contribution in [0.1, 0.15) is 75.3 Å². The molecule has 0 saturated heterocycles. The summed E-state index contributed by atoms with van der Waals surface area (Å²) >= 11 is 0. The summed E-state index contributed by atoms with van der Waals surface area (Å²) in [6.07, 6.45) is 1.93. The molecule has 2 aliphatic rings. The molecule has 2 unspecified atom stereocenters. The van der Waals surface area contributed by atoms with E-state index < -0.39 is 0 Å². The Morgan fingerprint density at radius 3 is 1.61 bits per heavy atom. The Morgan fingerprint density at radius 2 is 0.982 bits per heavy atom. The SMILES string of the molecule is CCC(C)(c1ccc2c(c1)C(C)(C)c1cc3c(cc1-2)C3(CC)N(c1ccccc1)c1ccc2ccccc2c1)N(c1ccccc1)c1ccc2ccccc2c1. The lowest BCUT2D eigenvalue weighted by molar-refractivity contribution is 0.462. The Balaban J connectivity index is 1.09. The minimum Gasteiger partial charge on any atom is -0.331 e. The summed E-state index contributed by atoms with van der Waals surface area (Å²) < 4.78 is 0. The molecule has 0 aliphatic heterocycles. The van der Waals surface area contributed by atoms with Crippen molar-refractivity contribution in [1.82, 2.24) is 0 Å². The first-order valence-electron chi connectivity index (χ1n) is 20.3. The first-order chi connectivity index (χ1) is 27.3. The maximum atomic E-state index is 2.61. The Bertz CT molecular complexity index is 2780. The molecule has 0 heterocycles. The van der Waals surface area contributed by atoms with Crippen LogP contribution in [0.3, 0.4) is 0 Å². The number of nitrogens with zero attached hydrogens (tertiary/aromatic N) is 2. The third-order valence-electron chi connectivity index (χ3n) is 13.4. The van der Waals surface area contributed by atoms with Gasteiger partial charge in [-0.2, -0.15) is 0 Å². The molecule has 8 aromatic rings.